The lowest BCUT2D eigenvalue weighted by Crippen LogP contribution is -2.16. The summed E-state index contributed by atoms with van der Waals surface area (Å²) in [7, 11) is -2.02. The van der Waals surface area contributed by atoms with Crippen molar-refractivity contribution in [3.8, 4) is 0 Å². The number of para-hydroxylation sites is 2. The Hall–Kier alpha value is -3.12. The van der Waals surface area contributed by atoms with E-state index in [9.17, 15) is 13.2 Å². The van der Waals surface area contributed by atoms with E-state index in [1.807, 2.05) is 6.07 Å². The lowest BCUT2D eigenvalue weighted by molar-refractivity contribution is 0.102. The van der Waals surface area contributed by atoms with Crippen LogP contribution in [-0.2, 0) is 9.84 Å². The number of rotatable bonds is 5. The molecule has 132 valence electrons. The fourth-order valence-electron chi connectivity index (χ4n) is 2.62. The van der Waals surface area contributed by atoms with Gasteiger partial charge in [-0.05, 0) is 36.4 Å². The lowest BCUT2D eigenvalue weighted by atomic mass is 10.1. The highest BCUT2D eigenvalue weighted by atomic mass is 32.2. The minimum absolute atomic E-state index is 0.0569. The monoisotopic (exact) mass is 366 g/mol. The van der Waals surface area contributed by atoms with Crippen LogP contribution < -0.4 is 10.6 Å². The van der Waals surface area contributed by atoms with Crippen molar-refractivity contribution in [1.82, 2.24) is 0 Å². The molecule has 0 atom stereocenters. The average molecular weight is 366 g/mol. The molecule has 26 heavy (non-hydrogen) atoms. The molecule has 6 heteroatoms. The molecule has 0 aliphatic rings. The maximum absolute atomic E-state index is 12.9. The molecule has 3 aromatic carbocycles. The number of amides is 1. The van der Waals surface area contributed by atoms with Gasteiger partial charge in [0.15, 0.2) is 0 Å². The summed E-state index contributed by atoms with van der Waals surface area (Å²) in [4.78, 5) is 12.9. The highest BCUT2D eigenvalue weighted by Crippen LogP contribution is 2.28. The second-order valence-corrected chi connectivity index (χ2v) is 7.48. The average Bonchev–Trinajstić information content (AvgIpc) is 2.69. The molecule has 2 N–H and O–H groups in total. The Kier molecular flexibility index (Phi) is 5.04. The summed E-state index contributed by atoms with van der Waals surface area (Å²) in [6.07, 6.45) is 0. The Labute approximate surface area is 152 Å². The van der Waals surface area contributed by atoms with E-state index < -0.39 is 9.84 Å². The standard InChI is InChI=1S/C20H18N2O3S/c1-21-17-12-6-5-11-16(17)20(23)22-18-13-7-8-14-19(18)26(24,25)15-9-3-2-4-10-15/h2-14,21H,1H3,(H,22,23). The summed E-state index contributed by atoms with van der Waals surface area (Å²) in [5.74, 6) is -0.384. The number of carbonyl (C=O) groups excluding carboxylic acids is 1. The van der Waals surface area contributed by atoms with Gasteiger partial charge in [0.2, 0.25) is 9.84 Å². The summed E-state index contributed by atoms with van der Waals surface area (Å²) in [6.45, 7) is 0. The van der Waals surface area contributed by atoms with Gasteiger partial charge in [-0.25, -0.2) is 8.42 Å². The van der Waals surface area contributed by atoms with Crippen LogP contribution >= 0.6 is 0 Å². The van der Waals surface area contributed by atoms with Gasteiger partial charge in [-0.15, -0.1) is 0 Å². The topological polar surface area (TPSA) is 75.3 Å². The lowest BCUT2D eigenvalue weighted by Gasteiger charge is -2.13. The minimum Gasteiger partial charge on any atom is -0.387 e. The first-order valence-electron chi connectivity index (χ1n) is 8.01. The molecule has 0 unspecified atom stereocenters. The van der Waals surface area contributed by atoms with E-state index in [-0.39, 0.29) is 21.4 Å². The Morgan fingerprint density at radius 3 is 2.04 bits per heavy atom. The van der Waals surface area contributed by atoms with E-state index in [0.717, 1.165) is 0 Å². The number of sulfone groups is 1. The van der Waals surface area contributed by atoms with Gasteiger partial charge in [-0.3, -0.25) is 4.79 Å². The van der Waals surface area contributed by atoms with Crippen molar-refractivity contribution >= 4 is 27.1 Å². The van der Waals surface area contributed by atoms with Crippen molar-refractivity contribution in [2.24, 2.45) is 0 Å². The van der Waals surface area contributed by atoms with Crippen molar-refractivity contribution in [1.29, 1.82) is 0 Å². The van der Waals surface area contributed by atoms with Crippen LogP contribution in [0.2, 0.25) is 0 Å². The van der Waals surface area contributed by atoms with Gasteiger partial charge in [-0.1, -0.05) is 42.5 Å². The van der Waals surface area contributed by atoms with E-state index in [4.69, 9.17) is 0 Å². The molecule has 0 saturated heterocycles. The maximum Gasteiger partial charge on any atom is 0.257 e. The van der Waals surface area contributed by atoms with Gasteiger partial charge in [-0.2, -0.15) is 0 Å². The summed E-state index contributed by atoms with van der Waals surface area (Å²) >= 11 is 0. The Morgan fingerprint density at radius 2 is 1.35 bits per heavy atom. The predicted molar refractivity (Wildman–Crippen MR) is 102 cm³/mol. The molecular weight excluding hydrogens is 348 g/mol. The molecule has 0 fully saturated rings. The normalized spacial score (nSPS) is 11.0. The first-order valence-corrected chi connectivity index (χ1v) is 9.49. The van der Waals surface area contributed by atoms with E-state index in [2.05, 4.69) is 10.6 Å². The zero-order chi connectivity index (χ0) is 18.6. The van der Waals surface area contributed by atoms with Crippen LogP contribution in [0.25, 0.3) is 0 Å². The molecule has 0 aromatic heterocycles. The third-order valence-electron chi connectivity index (χ3n) is 3.92. The van der Waals surface area contributed by atoms with Crippen LogP contribution in [0, 0.1) is 0 Å². The number of nitrogens with one attached hydrogen (secondary N) is 2. The van der Waals surface area contributed by atoms with Gasteiger partial charge in [0.1, 0.15) is 0 Å². The number of hydrogen-bond donors (Lipinski definition) is 2. The molecule has 0 radical (unpaired) electrons. The summed E-state index contributed by atoms with van der Waals surface area (Å²) in [6, 6.07) is 21.5. The Balaban J connectivity index is 2.00. The second-order valence-electron chi connectivity index (χ2n) is 5.56. The summed E-state index contributed by atoms with van der Waals surface area (Å²) in [5.41, 5.74) is 1.34. The van der Waals surface area contributed by atoms with Crippen LogP contribution in [0.1, 0.15) is 10.4 Å². The smallest absolute Gasteiger partial charge is 0.257 e. The Bertz CT molecular complexity index is 1030. The number of hydrogen-bond acceptors (Lipinski definition) is 4. The van der Waals surface area contributed by atoms with Crippen LogP contribution in [0.5, 0.6) is 0 Å². The molecule has 0 spiro atoms. The molecule has 0 heterocycles. The number of carbonyl (C=O) groups is 1. The maximum atomic E-state index is 12.9. The highest BCUT2D eigenvalue weighted by molar-refractivity contribution is 7.91. The molecule has 0 aliphatic heterocycles. The predicted octanol–water partition coefficient (Wildman–Crippen LogP) is 3.81. The van der Waals surface area contributed by atoms with Crippen molar-refractivity contribution in [3.05, 3.63) is 84.4 Å². The number of benzene rings is 3. The SMILES string of the molecule is CNc1ccccc1C(=O)Nc1ccccc1S(=O)(=O)c1ccccc1. The molecule has 0 saturated carbocycles. The zero-order valence-corrected chi connectivity index (χ0v) is 15.0. The van der Waals surface area contributed by atoms with Crippen LogP contribution in [0.4, 0.5) is 11.4 Å². The quantitative estimate of drug-likeness (QED) is 0.720. The van der Waals surface area contributed by atoms with E-state index in [1.54, 1.807) is 61.6 Å². The van der Waals surface area contributed by atoms with E-state index in [0.29, 0.717) is 11.3 Å². The fourth-order valence-corrected chi connectivity index (χ4v) is 4.06. The van der Waals surface area contributed by atoms with Gasteiger partial charge in [0.05, 0.1) is 21.0 Å². The van der Waals surface area contributed by atoms with Crippen LogP contribution in [0.15, 0.2) is 88.7 Å². The molecule has 5 nitrogen and oxygen atoms in total. The second kappa shape index (κ2) is 7.41. The van der Waals surface area contributed by atoms with Crippen molar-refractivity contribution in [3.63, 3.8) is 0 Å². The first-order chi connectivity index (χ1) is 12.5. The van der Waals surface area contributed by atoms with Crippen LogP contribution in [0.3, 0.4) is 0 Å². The molecule has 0 bridgehead atoms. The number of anilines is 2. The van der Waals surface area contributed by atoms with Crippen molar-refractivity contribution in [2.45, 2.75) is 9.79 Å². The van der Waals surface area contributed by atoms with Crippen molar-refractivity contribution < 1.29 is 13.2 Å². The van der Waals surface area contributed by atoms with Crippen molar-refractivity contribution in [2.75, 3.05) is 17.7 Å². The van der Waals surface area contributed by atoms with E-state index in [1.165, 1.54) is 18.2 Å². The Morgan fingerprint density at radius 1 is 0.769 bits per heavy atom. The van der Waals surface area contributed by atoms with E-state index >= 15 is 0 Å². The largest absolute Gasteiger partial charge is 0.387 e. The molecule has 3 rings (SSSR count). The molecular formula is C20H18N2O3S. The molecule has 1 amide bonds. The van der Waals surface area contributed by atoms with Gasteiger partial charge < -0.3 is 10.6 Å². The molecule has 0 aliphatic carbocycles. The molecule has 3 aromatic rings. The van der Waals surface area contributed by atoms with Crippen LogP contribution in [-0.4, -0.2) is 21.4 Å². The third-order valence-corrected chi connectivity index (χ3v) is 5.75. The van der Waals surface area contributed by atoms with Gasteiger partial charge in [0, 0.05) is 12.7 Å². The van der Waals surface area contributed by atoms with Gasteiger partial charge >= 0.3 is 0 Å². The fraction of sp³-hybridized carbons (Fsp3) is 0.0500. The first kappa shape index (κ1) is 17.7. The summed E-state index contributed by atoms with van der Waals surface area (Å²) in [5, 5.41) is 5.67. The third kappa shape index (κ3) is 3.45. The minimum atomic E-state index is -3.74. The highest BCUT2D eigenvalue weighted by Gasteiger charge is 2.22. The summed E-state index contributed by atoms with van der Waals surface area (Å²) < 4.78 is 25.9. The van der Waals surface area contributed by atoms with Gasteiger partial charge in [0.25, 0.3) is 5.91 Å². The zero-order valence-electron chi connectivity index (χ0n) is 14.1.